The van der Waals surface area contributed by atoms with Crippen molar-refractivity contribution in [2.45, 2.75) is 25.5 Å². The predicted octanol–water partition coefficient (Wildman–Crippen LogP) is 1.49. The molecule has 2 atom stereocenters. The molecule has 104 valence electrons. The molecule has 0 spiro atoms. The number of aliphatic hydroxyl groups excluding tert-OH is 1. The van der Waals surface area contributed by atoms with Gasteiger partial charge in [-0.15, -0.1) is 0 Å². The molecular weight excluding hydrogens is 293 g/mol. The molecule has 0 bridgehead atoms. The Morgan fingerprint density at radius 1 is 1.37 bits per heavy atom. The molecule has 0 aromatic heterocycles. The van der Waals surface area contributed by atoms with Crippen molar-refractivity contribution in [1.29, 1.82) is 0 Å². The van der Waals surface area contributed by atoms with Gasteiger partial charge in [-0.3, -0.25) is 4.79 Å². The zero-order chi connectivity index (χ0) is 14.6. The fourth-order valence-electron chi connectivity index (χ4n) is 1.45. The zero-order valence-electron chi connectivity index (χ0n) is 10.1. The maximum Gasteiger partial charge on any atom is 0.328 e. The number of hydrogen-bond acceptors (Lipinski definition) is 3. The van der Waals surface area contributed by atoms with Gasteiger partial charge in [0.05, 0.1) is 12.5 Å². The van der Waals surface area contributed by atoms with E-state index in [1.165, 1.54) is 13.0 Å². The highest BCUT2D eigenvalue weighted by Gasteiger charge is 2.25. The number of carbonyl (C=O) groups is 2. The average molecular weight is 306 g/mol. The van der Waals surface area contributed by atoms with Crippen LogP contribution < -0.4 is 5.32 Å². The number of benzene rings is 1. The van der Waals surface area contributed by atoms with Crippen LogP contribution in [0, 0.1) is 0 Å². The van der Waals surface area contributed by atoms with Crippen molar-refractivity contribution in [3.05, 3.63) is 33.8 Å². The molecule has 0 saturated heterocycles. The third-order valence-electron chi connectivity index (χ3n) is 2.43. The molecular formula is C12H13Cl2NO4. The third kappa shape index (κ3) is 4.70. The van der Waals surface area contributed by atoms with Crippen LogP contribution in [0.1, 0.15) is 12.5 Å². The molecule has 0 saturated carbocycles. The van der Waals surface area contributed by atoms with Gasteiger partial charge in [0.25, 0.3) is 0 Å². The first-order valence-corrected chi connectivity index (χ1v) is 6.21. The second kappa shape index (κ2) is 6.75. The van der Waals surface area contributed by atoms with E-state index in [4.69, 9.17) is 28.3 Å². The highest BCUT2D eigenvalue weighted by molar-refractivity contribution is 6.35. The molecule has 5 nitrogen and oxygen atoms in total. The van der Waals surface area contributed by atoms with Crippen LogP contribution in [-0.4, -0.2) is 34.2 Å². The minimum Gasteiger partial charge on any atom is -0.480 e. The quantitative estimate of drug-likeness (QED) is 0.769. The fourth-order valence-corrected chi connectivity index (χ4v) is 1.93. The van der Waals surface area contributed by atoms with Crippen LogP contribution in [0.5, 0.6) is 0 Å². The second-order valence-electron chi connectivity index (χ2n) is 4.04. The number of halogens is 2. The molecule has 0 aliphatic carbocycles. The Morgan fingerprint density at radius 3 is 2.47 bits per heavy atom. The molecule has 0 radical (unpaired) electrons. The molecule has 1 amide bonds. The van der Waals surface area contributed by atoms with Gasteiger partial charge in [0.1, 0.15) is 0 Å². The number of carboxylic acid groups (broad SMARTS) is 1. The van der Waals surface area contributed by atoms with Gasteiger partial charge in [0.2, 0.25) is 5.91 Å². The minimum atomic E-state index is -1.35. The predicted molar refractivity (Wildman–Crippen MR) is 71.4 cm³/mol. The molecule has 1 aromatic rings. The van der Waals surface area contributed by atoms with Gasteiger partial charge in [-0.2, -0.15) is 0 Å². The molecule has 0 fully saturated rings. The summed E-state index contributed by atoms with van der Waals surface area (Å²) >= 11 is 11.6. The van der Waals surface area contributed by atoms with Crippen LogP contribution in [0.25, 0.3) is 0 Å². The smallest absolute Gasteiger partial charge is 0.328 e. The minimum absolute atomic E-state index is 0.0908. The Kier molecular flexibility index (Phi) is 5.60. The standard InChI is InChI=1S/C12H13Cl2NO4/c1-6(16)11(12(18)19)15-10(17)4-7-2-3-8(13)5-9(7)14/h2-3,5-6,11,16H,4H2,1H3,(H,15,17)(H,18,19). The van der Waals surface area contributed by atoms with Crippen molar-refractivity contribution in [3.63, 3.8) is 0 Å². The van der Waals surface area contributed by atoms with Crippen molar-refractivity contribution >= 4 is 35.1 Å². The van der Waals surface area contributed by atoms with E-state index in [1.54, 1.807) is 12.1 Å². The van der Waals surface area contributed by atoms with Gasteiger partial charge in [0.15, 0.2) is 6.04 Å². The number of amides is 1. The Bertz CT molecular complexity index is 491. The van der Waals surface area contributed by atoms with Crippen molar-refractivity contribution in [1.82, 2.24) is 5.32 Å². The van der Waals surface area contributed by atoms with E-state index >= 15 is 0 Å². The summed E-state index contributed by atoms with van der Waals surface area (Å²) in [6, 6.07) is 3.32. The summed E-state index contributed by atoms with van der Waals surface area (Å²) in [6.45, 7) is 1.29. The summed E-state index contributed by atoms with van der Waals surface area (Å²) in [7, 11) is 0. The number of aliphatic carboxylic acids is 1. The third-order valence-corrected chi connectivity index (χ3v) is 3.02. The highest BCUT2D eigenvalue weighted by Crippen LogP contribution is 2.21. The van der Waals surface area contributed by atoms with E-state index in [9.17, 15) is 14.7 Å². The van der Waals surface area contributed by atoms with Crippen LogP contribution in [-0.2, 0) is 16.0 Å². The van der Waals surface area contributed by atoms with E-state index in [1.807, 2.05) is 0 Å². The normalized spacial score (nSPS) is 13.7. The SMILES string of the molecule is CC(O)C(NC(=O)Cc1ccc(Cl)cc1Cl)C(=O)O. The maximum atomic E-state index is 11.7. The number of hydrogen-bond donors (Lipinski definition) is 3. The van der Waals surface area contributed by atoms with Gasteiger partial charge < -0.3 is 15.5 Å². The van der Waals surface area contributed by atoms with Gasteiger partial charge >= 0.3 is 5.97 Å². The summed E-state index contributed by atoms with van der Waals surface area (Å²) < 4.78 is 0. The largest absolute Gasteiger partial charge is 0.480 e. The summed E-state index contributed by atoms with van der Waals surface area (Å²) in [4.78, 5) is 22.5. The van der Waals surface area contributed by atoms with E-state index in [0.29, 0.717) is 15.6 Å². The lowest BCUT2D eigenvalue weighted by Crippen LogP contribution is -2.48. The molecule has 7 heteroatoms. The monoisotopic (exact) mass is 305 g/mol. The Balaban J connectivity index is 2.72. The summed E-state index contributed by atoms with van der Waals surface area (Å²) in [5.41, 5.74) is 0.526. The number of nitrogens with one attached hydrogen (secondary N) is 1. The summed E-state index contributed by atoms with van der Waals surface area (Å²) in [5.74, 6) is -1.84. The molecule has 2 unspecified atom stereocenters. The van der Waals surface area contributed by atoms with E-state index < -0.39 is 24.0 Å². The second-order valence-corrected chi connectivity index (χ2v) is 4.88. The van der Waals surface area contributed by atoms with Gasteiger partial charge in [0, 0.05) is 10.0 Å². The lowest BCUT2D eigenvalue weighted by Gasteiger charge is -2.17. The van der Waals surface area contributed by atoms with Crippen LogP contribution in [0.2, 0.25) is 10.0 Å². The number of carbonyl (C=O) groups excluding carboxylic acids is 1. The van der Waals surface area contributed by atoms with E-state index in [2.05, 4.69) is 5.32 Å². The number of rotatable bonds is 5. The molecule has 0 aliphatic rings. The Labute approximate surface area is 120 Å². The maximum absolute atomic E-state index is 11.7. The van der Waals surface area contributed by atoms with Crippen LogP contribution in [0.15, 0.2) is 18.2 Å². The first-order valence-electron chi connectivity index (χ1n) is 5.45. The van der Waals surface area contributed by atoms with Gasteiger partial charge in [-0.05, 0) is 24.6 Å². The fraction of sp³-hybridized carbons (Fsp3) is 0.333. The van der Waals surface area contributed by atoms with Crippen LogP contribution >= 0.6 is 23.2 Å². The van der Waals surface area contributed by atoms with Gasteiger partial charge in [-0.25, -0.2) is 4.79 Å². The topological polar surface area (TPSA) is 86.6 Å². The first-order chi connectivity index (χ1) is 8.81. The van der Waals surface area contributed by atoms with E-state index in [0.717, 1.165) is 0 Å². The Morgan fingerprint density at radius 2 is 2.00 bits per heavy atom. The average Bonchev–Trinajstić information content (AvgIpc) is 2.29. The lowest BCUT2D eigenvalue weighted by atomic mass is 10.1. The summed E-state index contributed by atoms with van der Waals surface area (Å²) in [6.07, 6.45) is -1.28. The van der Waals surface area contributed by atoms with Crippen molar-refractivity contribution in [3.8, 4) is 0 Å². The van der Waals surface area contributed by atoms with E-state index in [-0.39, 0.29) is 6.42 Å². The molecule has 1 aromatic carbocycles. The highest BCUT2D eigenvalue weighted by atomic mass is 35.5. The van der Waals surface area contributed by atoms with Crippen LogP contribution in [0.3, 0.4) is 0 Å². The lowest BCUT2D eigenvalue weighted by molar-refractivity contribution is -0.144. The molecule has 3 N–H and O–H groups in total. The number of aliphatic hydroxyl groups is 1. The molecule has 19 heavy (non-hydrogen) atoms. The Hall–Kier alpha value is -1.30. The van der Waals surface area contributed by atoms with Crippen molar-refractivity contribution in [2.75, 3.05) is 0 Å². The van der Waals surface area contributed by atoms with Gasteiger partial charge in [-0.1, -0.05) is 29.3 Å². The molecule has 0 aliphatic heterocycles. The van der Waals surface area contributed by atoms with Crippen molar-refractivity contribution in [2.24, 2.45) is 0 Å². The molecule has 0 heterocycles. The zero-order valence-corrected chi connectivity index (χ0v) is 11.6. The van der Waals surface area contributed by atoms with Crippen molar-refractivity contribution < 1.29 is 19.8 Å². The molecule has 1 rings (SSSR count). The van der Waals surface area contributed by atoms with Crippen LogP contribution in [0.4, 0.5) is 0 Å². The first kappa shape index (κ1) is 15.8. The summed E-state index contributed by atoms with van der Waals surface area (Å²) in [5, 5.41) is 21.1. The number of carboxylic acids is 1.